The summed E-state index contributed by atoms with van der Waals surface area (Å²) in [6, 6.07) is 0. The van der Waals surface area contributed by atoms with Gasteiger partial charge in [-0.2, -0.15) is 0 Å². The van der Waals surface area contributed by atoms with Crippen LogP contribution in [0, 0.1) is 0 Å². The standard InChI is InChI=1S/C59H108O15/c1-3-5-7-9-11-13-15-17-19-20-21-22-23-24-25-26-28-30-32-34-36-38-40-42-51(62)72-47(44-69-50(61)41-39-37-35-33-31-29-27-18-16-14-12-10-8-6-4-2)45-70-58-57(68)55(66)53(64)49(74-58)46-71-59-56(67)54(65)52(63)48(43-60)73-59/h14,16,18,27,47-49,52-60,63-68H,3-13,15,17,19-26,28-46H2,1-2H3/b16-14+,27-18+/t47-,48+,49+,52-,53-,54?,55?,56?,57?,58+,59+/m1/s1. The predicted molar refractivity (Wildman–Crippen MR) is 289 cm³/mol. The largest absolute Gasteiger partial charge is 0.462 e. The topological polar surface area (TPSA) is 231 Å². The average Bonchev–Trinajstić information content (AvgIpc) is 3.39. The Hall–Kier alpha value is -2.02. The summed E-state index contributed by atoms with van der Waals surface area (Å²) in [6.45, 7) is 2.60. The van der Waals surface area contributed by atoms with Crippen LogP contribution in [0.2, 0.25) is 0 Å². The van der Waals surface area contributed by atoms with Gasteiger partial charge in [0.25, 0.3) is 0 Å². The molecule has 0 aliphatic carbocycles. The summed E-state index contributed by atoms with van der Waals surface area (Å²) in [5.74, 6) is -0.930. The van der Waals surface area contributed by atoms with Crippen LogP contribution in [0.4, 0.5) is 0 Å². The van der Waals surface area contributed by atoms with E-state index in [4.69, 9.17) is 28.4 Å². The van der Waals surface area contributed by atoms with Crippen LogP contribution in [-0.2, 0) is 38.0 Å². The highest BCUT2D eigenvalue weighted by atomic mass is 16.7. The zero-order valence-corrected chi connectivity index (χ0v) is 46.3. The highest BCUT2D eigenvalue weighted by molar-refractivity contribution is 5.70. The molecular weight excluding hydrogens is 949 g/mol. The van der Waals surface area contributed by atoms with E-state index >= 15 is 0 Å². The zero-order chi connectivity index (χ0) is 53.9. The number of ether oxygens (including phenoxy) is 6. The van der Waals surface area contributed by atoms with Crippen molar-refractivity contribution in [3.05, 3.63) is 24.3 Å². The Morgan fingerprint density at radius 3 is 1.24 bits per heavy atom. The van der Waals surface area contributed by atoms with Crippen LogP contribution in [0.15, 0.2) is 24.3 Å². The number of aliphatic hydroxyl groups is 7. The van der Waals surface area contributed by atoms with E-state index in [-0.39, 0.29) is 26.1 Å². The molecule has 0 aromatic rings. The molecule has 2 saturated heterocycles. The first-order valence-corrected chi connectivity index (χ1v) is 29.9. The van der Waals surface area contributed by atoms with Gasteiger partial charge in [0.15, 0.2) is 18.7 Å². The second-order valence-corrected chi connectivity index (χ2v) is 21.2. The van der Waals surface area contributed by atoms with Gasteiger partial charge in [-0.05, 0) is 38.5 Å². The van der Waals surface area contributed by atoms with E-state index in [9.17, 15) is 45.3 Å². The van der Waals surface area contributed by atoms with E-state index in [1.165, 1.54) is 148 Å². The van der Waals surface area contributed by atoms with E-state index in [1.807, 2.05) is 0 Å². The van der Waals surface area contributed by atoms with Crippen molar-refractivity contribution in [2.75, 3.05) is 26.4 Å². The van der Waals surface area contributed by atoms with Gasteiger partial charge in [0.05, 0.1) is 19.8 Å². The van der Waals surface area contributed by atoms with Crippen molar-refractivity contribution < 1.29 is 73.8 Å². The highest BCUT2D eigenvalue weighted by Crippen LogP contribution is 2.27. The zero-order valence-electron chi connectivity index (χ0n) is 46.3. The molecule has 74 heavy (non-hydrogen) atoms. The van der Waals surface area contributed by atoms with Crippen LogP contribution in [-0.4, -0.2) is 142 Å². The Bertz CT molecular complexity index is 1380. The fourth-order valence-electron chi connectivity index (χ4n) is 9.56. The molecule has 0 spiro atoms. The fourth-order valence-corrected chi connectivity index (χ4v) is 9.56. The van der Waals surface area contributed by atoms with Gasteiger partial charge >= 0.3 is 11.9 Å². The Morgan fingerprint density at radius 2 is 0.797 bits per heavy atom. The van der Waals surface area contributed by atoms with E-state index < -0.39 is 92.7 Å². The van der Waals surface area contributed by atoms with Gasteiger partial charge in [0.2, 0.25) is 0 Å². The summed E-state index contributed by atoms with van der Waals surface area (Å²) in [4.78, 5) is 25.9. The number of carbonyl (C=O) groups is 2. The molecule has 4 unspecified atom stereocenters. The molecule has 0 saturated carbocycles. The fraction of sp³-hybridized carbons (Fsp3) is 0.898. The lowest BCUT2D eigenvalue weighted by atomic mass is 9.98. The lowest BCUT2D eigenvalue weighted by Crippen LogP contribution is -2.61. The molecule has 2 aliphatic heterocycles. The Labute approximate surface area is 447 Å². The molecule has 434 valence electrons. The average molecular weight is 1060 g/mol. The van der Waals surface area contributed by atoms with Gasteiger partial charge in [-0.25, -0.2) is 0 Å². The lowest BCUT2D eigenvalue weighted by molar-refractivity contribution is -0.332. The Kier molecular flexibility index (Phi) is 42.3. The smallest absolute Gasteiger partial charge is 0.306 e. The number of rotatable bonds is 48. The summed E-state index contributed by atoms with van der Waals surface area (Å²) in [7, 11) is 0. The molecule has 15 heteroatoms. The number of unbranched alkanes of at least 4 members (excludes halogenated alkanes) is 31. The first kappa shape index (κ1) is 68.1. The summed E-state index contributed by atoms with van der Waals surface area (Å²) in [6.07, 6.45) is 33.5. The SMILES string of the molecule is CCCCCC/C=C/C=C/CCCCCCCC(=O)OC[C@H](CO[C@H]1O[C@@H](CO[C@H]2O[C@@H](CO)[C@@H](O)C(O)C2O)[C@@H](O)C(O)C1O)OC(=O)CCCCCCCCCCCCCCCCCCCCCCCCC. The summed E-state index contributed by atoms with van der Waals surface area (Å²) in [5.41, 5.74) is 0. The molecule has 11 atom stereocenters. The molecule has 7 N–H and O–H groups in total. The summed E-state index contributed by atoms with van der Waals surface area (Å²) >= 11 is 0. The third kappa shape index (κ3) is 32.7. The number of aliphatic hydroxyl groups excluding tert-OH is 7. The quantitative estimate of drug-likeness (QED) is 0.0171. The van der Waals surface area contributed by atoms with Crippen LogP contribution in [0.5, 0.6) is 0 Å². The number of hydrogen-bond acceptors (Lipinski definition) is 15. The second kappa shape index (κ2) is 45.9. The van der Waals surface area contributed by atoms with Gasteiger partial charge in [-0.15, -0.1) is 0 Å². The van der Waals surface area contributed by atoms with Crippen molar-refractivity contribution >= 4 is 11.9 Å². The van der Waals surface area contributed by atoms with E-state index in [2.05, 4.69) is 38.2 Å². The predicted octanol–water partition coefficient (Wildman–Crippen LogP) is 10.3. The maximum absolute atomic E-state index is 13.1. The summed E-state index contributed by atoms with van der Waals surface area (Å²) in [5, 5.41) is 72.3. The molecule has 0 amide bonds. The van der Waals surface area contributed by atoms with Crippen molar-refractivity contribution in [3.8, 4) is 0 Å². The van der Waals surface area contributed by atoms with Gasteiger partial charge < -0.3 is 64.2 Å². The molecule has 15 nitrogen and oxygen atoms in total. The number of hydrogen-bond donors (Lipinski definition) is 7. The van der Waals surface area contributed by atoms with Gasteiger partial charge in [0, 0.05) is 12.8 Å². The number of carbonyl (C=O) groups excluding carboxylic acids is 2. The minimum absolute atomic E-state index is 0.167. The van der Waals surface area contributed by atoms with Crippen molar-refractivity contribution in [3.63, 3.8) is 0 Å². The van der Waals surface area contributed by atoms with E-state index in [0.717, 1.165) is 57.8 Å². The maximum atomic E-state index is 13.1. The third-order valence-electron chi connectivity index (χ3n) is 14.5. The van der Waals surface area contributed by atoms with Crippen LogP contribution in [0.3, 0.4) is 0 Å². The van der Waals surface area contributed by atoms with Crippen molar-refractivity contribution in [2.45, 2.75) is 313 Å². The third-order valence-corrected chi connectivity index (χ3v) is 14.5. The monoisotopic (exact) mass is 1060 g/mol. The Morgan fingerprint density at radius 1 is 0.432 bits per heavy atom. The first-order chi connectivity index (χ1) is 36.0. The van der Waals surface area contributed by atoms with Gasteiger partial charge in [0.1, 0.15) is 55.4 Å². The number of esters is 2. The molecule has 2 aliphatic rings. The number of allylic oxidation sites excluding steroid dienone is 4. The van der Waals surface area contributed by atoms with Crippen LogP contribution in [0.1, 0.15) is 245 Å². The highest BCUT2D eigenvalue weighted by Gasteiger charge is 2.47. The van der Waals surface area contributed by atoms with Crippen molar-refractivity contribution in [1.29, 1.82) is 0 Å². The molecule has 0 radical (unpaired) electrons. The minimum atomic E-state index is -1.77. The first-order valence-electron chi connectivity index (χ1n) is 29.9. The summed E-state index contributed by atoms with van der Waals surface area (Å²) < 4.78 is 33.7. The Balaban J connectivity index is 1.73. The van der Waals surface area contributed by atoms with Crippen LogP contribution >= 0.6 is 0 Å². The van der Waals surface area contributed by atoms with Crippen molar-refractivity contribution in [1.82, 2.24) is 0 Å². The molecule has 2 rings (SSSR count). The molecule has 2 heterocycles. The van der Waals surface area contributed by atoms with E-state index in [0.29, 0.717) is 12.8 Å². The molecule has 0 bridgehead atoms. The molecule has 0 aromatic heterocycles. The molecule has 2 fully saturated rings. The van der Waals surface area contributed by atoms with Crippen LogP contribution < -0.4 is 0 Å². The lowest BCUT2D eigenvalue weighted by Gasteiger charge is -2.42. The van der Waals surface area contributed by atoms with Gasteiger partial charge in [-0.3, -0.25) is 9.59 Å². The van der Waals surface area contributed by atoms with Gasteiger partial charge in [-0.1, -0.05) is 218 Å². The molecule has 0 aromatic carbocycles. The maximum Gasteiger partial charge on any atom is 0.306 e. The minimum Gasteiger partial charge on any atom is -0.462 e. The normalized spacial score (nSPS) is 24.8. The molecular formula is C59H108O15. The second-order valence-electron chi connectivity index (χ2n) is 21.2. The van der Waals surface area contributed by atoms with E-state index in [1.54, 1.807) is 0 Å². The van der Waals surface area contributed by atoms with Crippen LogP contribution in [0.25, 0.3) is 0 Å². The van der Waals surface area contributed by atoms with Crippen molar-refractivity contribution in [2.24, 2.45) is 0 Å².